The fourth-order valence-electron chi connectivity index (χ4n) is 4.23. The van der Waals surface area contributed by atoms with Crippen LogP contribution in [0.5, 0.6) is 5.75 Å². The Bertz CT molecular complexity index is 1260. The second kappa shape index (κ2) is 8.73. The number of nitrogens with zero attached hydrogens (tertiary/aromatic N) is 4. The predicted octanol–water partition coefficient (Wildman–Crippen LogP) is 5.50. The van der Waals surface area contributed by atoms with Gasteiger partial charge in [0.05, 0.1) is 33.5 Å². The molecule has 0 unspecified atom stereocenters. The number of hydrogen-bond donors (Lipinski definition) is 2. The van der Waals surface area contributed by atoms with E-state index in [0.29, 0.717) is 21.8 Å². The van der Waals surface area contributed by atoms with Crippen molar-refractivity contribution in [3.63, 3.8) is 0 Å². The third kappa shape index (κ3) is 3.96. The van der Waals surface area contributed by atoms with Gasteiger partial charge in [0, 0.05) is 28.9 Å². The van der Waals surface area contributed by atoms with Gasteiger partial charge in [0.25, 0.3) is 0 Å². The van der Waals surface area contributed by atoms with Crippen molar-refractivity contribution in [1.29, 1.82) is 0 Å². The molecule has 0 bridgehead atoms. The largest absolute Gasteiger partial charge is 0.486 e. The van der Waals surface area contributed by atoms with Crippen LogP contribution in [0.2, 0.25) is 10.0 Å². The normalized spacial score (nSPS) is 15.9. The van der Waals surface area contributed by atoms with E-state index in [-0.39, 0.29) is 6.10 Å². The van der Waals surface area contributed by atoms with Crippen LogP contribution in [-0.2, 0) is 0 Å². The average molecular weight is 471 g/mol. The molecule has 2 N–H and O–H groups in total. The minimum Gasteiger partial charge on any atom is -0.486 e. The number of hydrogen-bond acceptors (Lipinski definition) is 5. The molecule has 1 aromatic carbocycles. The molecule has 0 radical (unpaired) electrons. The lowest BCUT2D eigenvalue weighted by Crippen LogP contribution is -2.29. The SMILES string of the molecule is Cc1ncc(Cl)c([C@@H](C)Oc2ccc3[nH]nc(-c4cnn(C5CCNCC5)c4)c3c2)c1Cl. The second-order valence-corrected chi connectivity index (χ2v) is 8.93. The monoisotopic (exact) mass is 470 g/mol. The molecule has 5 rings (SSSR count). The van der Waals surface area contributed by atoms with Gasteiger partial charge in [-0.2, -0.15) is 10.2 Å². The van der Waals surface area contributed by atoms with Crippen molar-refractivity contribution < 1.29 is 4.74 Å². The van der Waals surface area contributed by atoms with Crippen LogP contribution in [0.4, 0.5) is 0 Å². The fraction of sp³-hybridized carbons (Fsp3) is 0.348. The van der Waals surface area contributed by atoms with Crippen LogP contribution in [0, 0.1) is 6.92 Å². The van der Waals surface area contributed by atoms with Gasteiger partial charge < -0.3 is 10.1 Å². The van der Waals surface area contributed by atoms with Crippen LogP contribution < -0.4 is 10.1 Å². The van der Waals surface area contributed by atoms with E-state index >= 15 is 0 Å². The number of nitrogens with one attached hydrogen (secondary N) is 2. The van der Waals surface area contributed by atoms with E-state index in [1.807, 2.05) is 38.2 Å². The van der Waals surface area contributed by atoms with Crippen LogP contribution in [0.1, 0.15) is 43.2 Å². The number of aryl methyl sites for hydroxylation is 1. The lowest BCUT2D eigenvalue weighted by Gasteiger charge is -2.22. The minimum absolute atomic E-state index is 0.341. The minimum atomic E-state index is -0.341. The number of pyridine rings is 1. The van der Waals surface area contributed by atoms with Gasteiger partial charge in [-0.1, -0.05) is 23.2 Å². The Labute approximate surface area is 196 Å². The van der Waals surface area contributed by atoms with Crippen molar-refractivity contribution in [1.82, 2.24) is 30.3 Å². The Balaban J connectivity index is 1.43. The standard InChI is InChI=1S/C23H24Cl2N6O/c1-13-22(25)21(19(24)11-27-13)14(2)32-17-3-4-20-18(9-17)23(30-29-20)15-10-28-31(12-15)16-5-7-26-8-6-16/h3-4,9-12,14,16,26H,5-8H2,1-2H3,(H,29,30)/t14-/m1/s1. The van der Waals surface area contributed by atoms with Gasteiger partial charge in [-0.25, -0.2) is 0 Å². The van der Waals surface area contributed by atoms with Crippen molar-refractivity contribution in [3.05, 3.63) is 58.1 Å². The van der Waals surface area contributed by atoms with Crippen molar-refractivity contribution in [3.8, 4) is 17.0 Å². The molecule has 166 valence electrons. The fourth-order valence-corrected chi connectivity index (χ4v) is 4.88. The number of fused-ring (bicyclic) bond motifs is 1. The van der Waals surface area contributed by atoms with Gasteiger partial charge in [-0.05, 0) is 58.0 Å². The molecule has 3 aromatic heterocycles. The van der Waals surface area contributed by atoms with Gasteiger partial charge in [-0.3, -0.25) is 14.8 Å². The Morgan fingerprint density at radius 1 is 1.19 bits per heavy atom. The Hall–Kier alpha value is -2.61. The summed E-state index contributed by atoms with van der Waals surface area (Å²) in [6.07, 6.45) is 7.39. The van der Waals surface area contributed by atoms with Gasteiger partial charge >= 0.3 is 0 Å². The summed E-state index contributed by atoms with van der Waals surface area (Å²) in [5.41, 5.74) is 4.23. The van der Waals surface area contributed by atoms with Gasteiger partial charge in [0.15, 0.2) is 0 Å². The van der Waals surface area contributed by atoms with Crippen LogP contribution >= 0.6 is 23.2 Å². The quantitative estimate of drug-likeness (QED) is 0.402. The van der Waals surface area contributed by atoms with E-state index < -0.39 is 0 Å². The van der Waals surface area contributed by atoms with E-state index in [4.69, 9.17) is 27.9 Å². The van der Waals surface area contributed by atoms with E-state index in [1.165, 1.54) is 0 Å². The number of piperidine rings is 1. The highest BCUT2D eigenvalue weighted by molar-refractivity contribution is 6.36. The molecule has 0 aliphatic carbocycles. The van der Waals surface area contributed by atoms with E-state index in [2.05, 4.69) is 36.5 Å². The maximum absolute atomic E-state index is 6.45. The van der Waals surface area contributed by atoms with Gasteiger partial charge in [0.1, 0.15) is 17.5 Å². The highest BCUT2D eigenvalue weighted by Gasteiger charge is 2.20. The summed E-state index contributed by atoms with van der Waals surface area (Å²) >= 11 is 12.8. The molecule has 0 spiro atoms. The molecule has 32 heavy (non-hydrogen) atoms. The topological polar surface area (TPSA) is 80.7 Å². The highest BCUT2D eigenvalue weighted by atomic mass is 35.5. The molecule has 1 aliphatic rings. The molecule has 9 heteroatoms. The van der Waals surface area contributed by atoms with E-state index in [9.17, 15) is 0 Å². The molecule has 7 nitrogen and oxygen atoms in total. The van der Waals surface area contributed by atoms with Crippen molar-refractivity contribution in [2.45, 2.75) is 38.8 Å². The zero-order valence-corrected chi connectivity index (χ0v) is 19.4. The number of rotatable bonds is 5. The molecular formula is C23H24Cl2N6O. The summed E-state index contributed by atoms with van der Waals surface area (Å²) < 4.78 is 8.28. The van der Waals surface area contributed by atoms with Crippen molar-refractivity contribution in [2.24, 2.45) is 0 Å². The summed E-state index contributed by atoms with van der Waals surface area (Å²) in [6, 6.07) is 6.29. The lowest BCUT2D eigenvalue weighted by molar-refractivity contribution is 0.227. The molecule has 0 saturated carbocycles. The summed E-state index contributed by atoms with van der Waals surface area (Å²) in [7, 11) is 0. The maximum atomic E-state index is 6.45. The zero-order chi connectivity index (χ0) is 22.2. The molecule has 1 atom stereocenters. The Kier molecular flexibility index (Phi) is 5.80. The van der Waals surface area contributed by atoms with Gasteiger partial charge in [-0.15, -0.1) is 0 Å². The molecule has 1 saturated heterocycles. The number of H-pyrrole nitrogens is 1. The average Bonchev–Trinajstić information content (AvgIpc) is 3.44. The summed E-state index contributed by atoms with van der Waals surface area (Å²) in [5, 5.41) is 17.7. The third-order valence-corrected chi connectivity index (χ3v) is 6.77. The number of halogens is 2. The smallest absolute Gasteiger partial charge is 0.124 e. The first-order valence-electron chi connectivity index (χ1n) is 10.7. The predicted molar refractivity (Wildman–Crippen MR) is 126 cm³/mol. The molecule has 4 heterocycles. The number of ether oxygens (including phenoxy) is 1. The number of benzene rings is 1. The molecule has 1 aliphatic heterocycles. The third-order valence-electron chi connectivity index (χ3n) is 5.99. The lowest BCUT2D eigenvalue weighted by atomic mass is 10.1. The van der Waals surface area contributed by atoms with Crippen LogP contribution in [0.25, 0.3) is 22.2 Å². The summed E-state index contributed by atoms with van der Waals surface area (Å²) in [6.45, 7) is 5.82. The maximum Gasteiger partial charge on any atom is 0.124 e. The molecule has 1 fully saturated rings. The first-order valence-corrected chi connectivity index (χ1v) is 11.5. The van der Waals surface area contributed by atoms with E-state index in [0.717, 1.165) is 59.3 Å². The van der Waals surface area contributed by atoms with E-state index in [1.54, 1.807) is 6.20 Å². The van der Waals surface area contributed by atoms with Crippen molar-refractivity contribution in [2.75, 3.05) is 13.1 Å². The Morgan fingerprint density at radius 3 is 2.81 bits per heavy atom. The van der Waals surface area contributed by atoms with Crippen LogP contribution in [0.15, 0.2) is 36.8 Å². The molecule has 4 aromatic rings. The van der Waals surface area contributed by atoms with Gasteiger partial charge in [0.2, 0.25) is 0 Å². The summed E-state index contributed by atoms with van der Waals surface area (Å²) in [5.74, 6) is 0.708. The highest BCUT2D eigenvalue weighted by Crippen LogP contribution is 2.36. The number of aromatic nitrogens is 5. The second-order valence-electron chi connectivity index (χ2n) is 8.15. The molecule has 0 amide bonds. The first kappa shape index (κ1) is 21.2. The van der Waals surface area contributed by atoms with Crippen molar-refractivity contribution >= 4 is 34.1 Å². The van der Waals surface area contributed by atoms with Crippen LogP contribution in [0.3, 0.4) is 0 Å². The Morgan fingerprint density at radius 2 is 2.00 bits per heavy atom. The first-order chi connectivity index (χ1) is 15.5. The molecular weight excluding hydrogens is 447 g/mol. The van der Waals surface area contributed by atoms with Crippen LogP contribution in [-0.4, -0.2) is 38.1 Å². The summed E-state index contributed by atoms with van der Waals surface area (Å²) in [4.78, 5) is 4.20. The number of aromatic amines is 1. The zero-order valence-electron chi connectivity index (χ0n) is 17.9.